The summed E-state index contributed by atoms with van der Waals surface area (Å²) in [5.41, 5.74) is 0. The lowest BCUT2D eigenvalue weighted by Gasteiger charge is -2.20. The number of rotatable bonds is 5. The van der Waals surface area contributed by atoms with Crippen molar-refractivity contribution in [1.29, 1.82) is 0 Å². The lowest BCUT2D eigenvalue weighted by molar-refractivity contribution is 0.346. The van der Waals surface area contributed by atoms with Crippen LogP contribution < -0.4 is 5.32 Å². The molecule has 1 heterocycles. The Morgan fingerprint density at radius 2 is 2.13 bits per heavy atom. The lowest BCUT2D eigenvalue weighted by Crippen LogP contribution is -2.19. The molecule has 15 heavy (non-hydrogen) atoms. The zero-order valence-corrected chi connectivity index (χ0v) is 8.91. The second-order valence-corrected chi connectivity index (χ2v) is 4.65. The van der Waals surface area contributed by atoms with Crippen molar-refractivity contribution in [2.75, 3.05) is 6.54 Å². The maximum atomic E-state index is 5.22. The van der Waals surface area contributed by atoms with Gasteiger partial charge in [-0.05, 0) is 25.7 Å². The SMILES string of the molecule is C1CC(c2noc(CCNC3CC3)n2)C1. The topological polar surface area (TPSA) is 51.0 Å². The van der Waals surface area contributed by atoms with Gasteiger partial charge in [0.05, 0.1) is 0 Å². The standard InChI is InChI=1S/C11H17N3O/c1-2-8(3-1)11-13-10(15-14-11)6-7-12-9-4-5-9/h8-9,12H,1-7H2. The van der Waals surface area contributed by atoms with Crippen LogP contribution in [0.2, 0.25) is 0 Å². The number of aromatic nitrogens is 2. The van der Waals surface area contributed by atoms with Crippen LogP contribution in [0.1, 0.15) is 49.7 Å². The minimum atomic E-state index is 0.582. The molecule has 4 nitrogen and oxygen atoms in total. The van der Waals surface area contributed by atoms with Crippen molar-refractivity contribution in [3.63, 3.8) is 0 Å². The quantitative estimate of drug-likeness (QED) is 0.797. The Bertz CT molecular complexity index is 328. The van der Waals surface area contributed by atoms with Crippen molar-refractivity contribution >= 4 is 0 Å². The Labute approximate surface area is 89.4 Å². The molecule has 2 fully saturated rings. The lowest BCUT2D eigenvalue weighted by atomic mass is 9.85. The van der Waals surface area contributed by atoms with Crippen LogP contribution in [0.3, 0.4) is 0 Å². The van der Waals surface area contributed by atoms with Gasteiger partial charge in [-0.2, -0.15) is 4.98 Å². The minimum Gasteiger partial charge on any atom is -0.339 e. The first kappa shape index (κ1) is 9.33. The first-order chi connectivity index (χ1) is 7.42. The van der Waals surface area contributed by atoms with Crippen LogP contribution in [-0.4, -0.2) is 22.7 Å². The van der Waals surface area contributed by atoms with Gasteiger partial charge in [-0.3, -0.25) is 0 Å². The van der Waals surface area contributed by atoms with Crippen molar-refractivity contribution in [3.8, 4) is 0 Å². The average Bonchev–Trinajstić information content (AvgIpc) is 2.85. The highest BCUT2D eigenvalue weighted by molar-refractivity contribution is 4.99. The van der Waals surface area contributed by atoms with E-state index in [9.17, 15) is 0 Å². The molecule has 1 N–H and O–H groups in total. The van der Waals surface area contributed by atoms with Gasteiger partial charge in [0.1, 0.15) is 0 Å². The second-order valence-electron chi connectivity index (χ2n) is 4.65. The van der Waals surface area contributed by atoms with Crippen LogP contribution in [0.4, 0.5) is 0 Å². The number of nitrogens with one attached hydrogen (secondary N) is 1. The third-order valence-corrected chi connectivity index (χ3v) is 3.30. The Balaban J connectivity index is 1.48. The van der Waals surface area contributed by atoms with Gasteiger partial charge < -0.3 is 9.84 Å². The van der Waals surface area contributed by atoms with E-state index in [1.165, 1.54) is 32.1 Å². The fourth-order valence-corrected chi connectivity index (χ4v) is 1.87. The summed E-state index contributed by atoms with van der Waals surface area (Å²) < 4.78 is 5.22. The Hall–Kier alpha value is -0.900. The van der Waals surface area contributed by atoms with E-state index in [-0.39, 0.29) is 0 Å². The van der Waals surface area contributed by atoms with Crippen LogP contribution in [0.15, 0.2) is 4.52 Å². The number of hydrogen-bond acceptors (Lipinski definition) is 4. The third-order valence-electron chi connectivity index (χ3n) is 3.30. The highest BCUT2D eigenvalue weighted by Gasteiger charge is 2.25. The third kappa shape index (κ3) is 2.20. The zero-order chi connectivity index (χ0) is 10.1. The van der Waals surface area contributed by atoms with E-state index in [1.807, 2.05) is 0 Å². The Kier molecular flexibility index (Phi) is 2.44. The van der Waals surface area contributed by atoms with E-state index >= 15 is 0 Å². The largest absolute Gasteiger partial charge is 0.339 e. The average molecular weight is 207 g/mol. The smallest absolute Gasteiger partial charge is 0.227 e. The van der Waals surface area contributed by atoms with E-state index < -0.39 is 0 Å². The van der Waals surface area contributed by atoms with Crippen molar-refractivity contribution in [2.24, 2.45) is 0 Å². The van der Waals surface area contributed by atoms with Gasteiger partial charge >= 0.3 is 0 Å². The Morgan fingerprint density at radius 1 is 1.27 bits per heavy atom. The predicted molar refractivity (Wildman–Crippen MR) is 55.6 cm³/mol. The Morgan fingerprint density at radius 3 is 2.80 bits per heavy atom. The summed E-state index contributed by atoms with van der Waals surface area (Å²) in [7, 11) is 0. The van der Waals surface area contributed by atoms with Gasteiger partial charge in [0.15, 0.2) is 5.82 Å². The molecule has 4 heteroatoms. The van der Waals surface area contributed by atoms with Crippen LogP contribution in [0.25, 0.3) is 0 Å². The van der Waals surface area contributed by atoms with Gasteiger partial charge in [-0.15, -0.1) is 0 Å². The molecule has 82 valence electrons. The normalized spacial score (nSPS) is 21.6. The van der Waals surface area contributed by atoms with Crippen molar-refractivity contribution in [1.82, 2.24) is 15.5 Å². The highest BCUT2D eigenvalue weighted by Crippen LogP contribution is 2.34. The first-order valence-corrected chi connectivity index (χ1v) is 5.97. The molecule has 0 spiro atoms. The van der Waals surface area contributed by atoms with Crippen molar-refractivity contribution < 1.29 is 4.52 Å². The molecule has 2 aliphatic carbocycles. The first-order valence-electron chi connectivity index (χ1n) is 5.97. The minimum absolute atomic E-state index is 0.582. The monoisotopic (exact) mass is 207 g/mol. The summed E-state index contributed by atoms with van der Waals surface area (Å²) in [6.07, 6.45) is 7.32. The molecule has 2 aliphatic rings. The summed E-state index contributed by atoms with van der Waals surface area (Å²) >= 11 is 0. The van der Waals surface area contributed by atoms with Crippen LogP contribution >= 0.6 is 0 Å². The molecule has 0 radical (unpaired) electrons. The van der Waals surface area contributed by atoms with E-state index in [0.717, 1.165) is 30.7 Å². The molecule has 2 saturated carbocycles. The van der Waals surface area contributed by atoms with E-state index in [0.29, 0.717) is 5.92 Å². The fourth-order valence-electron chi connectivity index (χ4n) is 1.87. The highest BCUT2D eigenvalue weighted by atomic mass is 16.5. The van der Waals surface area contributed by atoms with E-state index in [4.69, 9.17) is 4.52 Å². The maximum Gasteiger partial charge on any atom is 0.227 e. The molecule has 0 amide bonds. The molecule has 0 aliphatic heterocycles. The van der Waals surface area contributed by atoms with Crippen LogP contribution in [0.5, 0.6) is 0 Å². The number of hydrogen-bond donors (Lipinski definition) is 1. The molecule has 3 rings (SSSR count). The van der Waals surface area contributed by atoms with Crippen LogP contribution in [-0.2, 0) is 6.42 Å². The van der Waals surface area contributed by atoms with Gasteiger partial charge in [-0.25, -0.2) is 0 Å². The molecular formula is C11H17N3O. The molecular weight excluding hydrogens is 190 g/mol. The molecule has 1 aromatic heterocycles. The van der Waals surface area contributed by atoms with Gasteiger partial charge in [-0.1, -0.05) is 11.6 Å². The molecule has 1 aromatic rings. The van der Waals surface area contributed by atoms with Crippen LogP contribution in [0, 0.1) is 0 Å². The fraction of sp³-hybridized carbons (Fsp3) is 0.818. The molecule has 0 saturated heterocycles. The van der Waals surface area contributed by atoms with Crippen molar-refractivity contribution in [2.45, 2.75) is 50.5 Å². The molecule has 0 bridgehead atoms. The molecule has 0 aromatic carbocycles. The maximum absolute atomic E-state index is 5.22. The van der Waals surface area contributed by atoms with Crippen molar-refractivity contribution in [3.05, 3.63) is 11.7 Å². The van der Waals surface area contributed by atoms with E-state index in [2.05, 4.69) is 15.5 Å². The second kappa shape index (κ2) is 3.93. The molecule has 0 atom stereocenters. The van der Waals surface area contributed by atoms with Gasteiger partial charge in [0.2, 0.25) is 5.89 Å². The summed E-state index contributed by atoms with van der Waals surface area (Å²) in [6, 6.07) is 0.763. The number of nitrogens with zero attached hydrogens (tertiary/aromatic N) is 2. The van der Waals surface area contributed by atoms with Gasteiger partial charge in [0, 0.05) is 24.9 Å². The van der Waals surface area contributed by atoms with E-state index in [1.54, 1.807) is 0 Å². The van der Waals surface area contributed by atoms with Gasteiger partial charge in [0.25, 0.3) is 0 Å². The summed E-state index contributed by atoms with van der Waals surface area (Å²) in [4.78, 5) is 4.43. The predicted octanol–water partition coefficient (Wildman–Crippen LogP) is 1.63. The summed E-state index contributed by atoms with van der Waals surface area (Å²) in [5.74, 6) is 2.31. The zero-order valence-electron chi connectivity index (χ0n) is 8.91. The molecule has 0 unspecified atom stereocenters. The summed E-state index contributed by atoms with van der Waals surface area (Å²) in [5, 5.41) is 7.48. The summed E-state index contributed by atoms with van der Waals surface area (Å²) in [6.45, 7) is 0.969.